The maximum Gasteiger partial charge on any atom is 0.223 e. The second kappa shape index (κ2) is 8.54. The first-order chi connectivity index (χ1) is 10.3. The van der Waals surface area contributed by atoms with E-state index in [0.717, 1.165) is 45.2 Å². The number of carbonyl (C=O) groups is 1. The summed E-state index contributed by atoms with van der Waals surface area (Å²) >= 11 is 0. The third-order valence-electron chi connectivity index (χ3n) is 5.01. The number of carbonyl (C=O) groups excluding carboxylic acids is 1. The Morgan fingerprint density at radius 1 is 1.05 bits per heavy atom. The number of piperidine rings is 1. The Balaban J connectivity index is 0.00000176. The highest BCUT2D eigenvalue weighted by Gasteiger charge is 2.28. The summed E-state index contributed by atoms with van der Waals surface area (Å²) in [4.78, 5) is 12.4. The van der Waals surface area contributed by atoms with Gasteiger partial charge in [0.15, 0.2) is 0 Å². The first kappa shape index (κ1) is 17.3. The van der Waals surface area contributed by atoms with Crippen LogP contribution in [0.4, 0.5) is 0 Å². The zero-order valence-corrected chi connectivity index (χ0v) is 13.9. The van der Waals surface area contributed by atoms with Crippen LogP contribution in [-0.2, 0) is 4.79 Å². The van der Waals surface area contributed by atoms with Crippen molar-refractivity contribution in [1.29, 1.82) is 0 Å². The molecular formula is C18H27ClN2O. The van der Waals surface area contributed by atoms with Crippen LogP contribution in [0.1, 0.15) is 50.0 Å². The summed E-state index contributed by atoms with van der Waals surface area (Å²) in [5, 5.41) is 6.60. The van der Waals surface area contributed by atoms with E-state index in [4.69, 9.17) is 0 Å². The first-order valence-corrected chi connectivity index (χ1v) is 8.39. The van der Waals surface area contributed by atoms with Crippen LogP contribution in [0.3, 0.4) is 0 Å². The fraction of sp³-hybridized carbons (Fsp3) is 0.611. The molecule has 0 bridgehead atoms. The molecule has 1 aromatic carbocycles. The Labute approximate surface area is 139 Å². The van der Waals surface area contributed by atoms with Crippen molar-refractivity contribution in [1.82, 2.24) is 10.6 Å². The standard InChI is InChI=1S/C18H26N2O.ClH/c21-18(20-17-7-4-12-19-13-17)16-10-8-15(9-11-16)14-5-2-1-3-6-14;/h1-3,5-6,15-17,19H,4,7-13H2,(H,20,21);1H. The second-order valence-corrected chi connectivity index (χ2v) is 6.51. The van der Waals surface area contributed by atoms with Gasteiger partial charge in [0.1, 0.15) is 0 Å². The molecule has 1 saturated carbocycles. The Morgan fingerprint density at radius 3 is 2.41 bits per heavy atom. The molecule has 22 heavy (non-hydrogen) atoms. The van der Waals surface area contributed by atoms with Crippen LogP contribution in [0.5, 0.6) is 0 Å². The van der Waals surface area contributed by atoms with E-state index >= 15 is 0 Å². The van der Waals surface area contributed by atoms with Gasteiger partial charge < -0.3 is 10.6 Å². The van der Waals surface area contributed by atoms with Crippen LogP contribution in [-0.4, -0.2) is 25.0 Å². The Hall–Kier alpha value is -1.06. The lowest BCUT2D eigenvalue weighted by molar-refractivity contribution is -0.126. The molecule has 0 spiro atoms. The SMILES string of the molecule is Cl.O=C(NC1CCCNC1)C1CCC(c2ccccc2)CC1. The van der Waals surface area contributed by atoms with E-state index in [1.165, 1.54) is 12.0 Å². The number of halogens is 1. The van der Waals surface area contributed by atoms with Crippen LogP contribution in [0.15, 0.2) is 30.3 Å². The summed E-state index contributed by atoms with van der Waals surface area (Å²) in [6.07, 6.45) is 6.65. The van der Waals surface area contributed by atoms with Crippen LogP contribution in [0.2, 0.25) is 0 Å². The minimum absolute atomic E-state index is 0. The van der Waals surface area contributed by atoms with Crippen LogP contribution in [0, 0.1) is 5.92 Å². The van der Waals surface area contributed by atoms with Gasteiger partial charge in [0.25, 0.3) is 0 Å². The van der Waals surface area contributed by atoms with E-state index in [0.29, 0.717) is 12.0 Å². The Bertz CT molecular complexity index is 451. The minimum Gasteiger partial charge on any atom is -0.352 e. The van der Waals surface area contributed by atoms with Crippen LogP contribution >= 0.6 is 12.4 Å². The van der Waals surface area contributed by atoms with E-state index in [2.05, 4.69) is 41.0 Å². The van der Waals surface area contributed by atoms with Crippen molar-refractivity contribution in [3.8, 4) is 0 Å². The lowest BCUT2D eigenvalue weighted by atomic mass is 9.78. The van der Waals surface area contributed by atoms with Gasteiger partial charge in [-0.1, -0.05) is 30.3 Å². The Morgan fingerprint density at radius 2 is 1.77 bits per heavy atom. The Kier molecular flexibility index (Phi) is 6.71. The first-order valence-electron chi connectivity index (χ1n) is 8.39. The summed E-state index contributed by atoms with van der Waals surface area (Å²) < 4.78 is 0. The topological polar surface area (TPSA) is 41.1 Å². The molecule has 122 valence electrons. The number of nitrogens with one attached hydrogen (secondary N) is 2. The number of benzene rings is 1. The molecule has 1 atom stereocenters. The molecule has 1 aliphatic carbocycles. The number of hydrogen-bond donors (Lipinski definition) is 2. The van der Waals surface area contributed by atoms with Gasteiger partial charge in [0, 0.05) is 18.5 Å². The van der Waals surface area contributed by atoms with Crippen molar-refractivity contribution in [3.05, 3.63) is 35.9 Å². The highest BCUT2D eigenvalue weighted by atomic mass is 35.5. The molecule has 1 heterocycles. The molecule has 3 rings (SSSR count). The third kappa shape index (κ3) is 4.47. The van der Waals surface area contributed by atoms with Crippen molar-refractivity contribution >= 4 is 18.3 Å². The van der Waals surface area contributed by atoms with Gasteiger partial charge in [0.05, 0.1) is 0 Å². The molecule has 3 nitrogen and oxygen atoms in total. The average molecular weight is 323 g/mol. The normalized spacial score (nSPS) is 28.5. The van der Waals surface area contributed by atoms with Crippen molar-refractivity contribution in [2.75, 3.05) is 13.1 Å². The summed E-state index contributed by atoms with van der Waals surface area (Å²) in [5.74, 6) is 1.16. The molecule has 2 aliphatic rings. The predicted octanol–water partition coefficient (Wildman–Crippen LogP) is 3.25. The summed E-state index contributed by atoms with van der Waals surface area (Å²) in [6.45, 7) is 2.03. The van der Waals surface area contributed by atoms with Crippen LogP contribution in [0.25, 0.3) is 0 Å². The number of amides is 1. The molecule has 1 amide bonds. The largest absolute Gasteiger partial charge is 0.352 e. The van der Waals surface area contributed by atoms with E-state index in [9.17, 15) is 4.79 Å². The molecule has 0 aromatic heterocycles. The third-order valence-corrected chi connectivity index (χ3v) is 5.01. The predicted molar refractivity (Wildman–Crippen MR) is 92.4 cm³/mol. The molecule has 4 heteroatoms. The van der Waals surface area contributed by atoms with Gasteiger partial charge in [-0.05, 0) is 56.6 Å². The summed E-state index contributed by atoms with van der Waals surface area (Å²) in [6, 6.07) is 11.1. The van der Waals surface area contributed by atoms with E-state index in [-0.39, 0.29) is 24.2 Å². The van der Waals surface area contributed by atoms with Gasteiger partial charge in [-0.2, -0.15) is 0 Å². The second-order valence-electron chi connectivity index (χ2n) is 6.51. The smallest absolute Gasteiger partial charge is 0.223 e. The summed E-state index contributed by atoms with van der Waals surface area (Å²) in [7, 11) is 0. The molecular weight excluding hydrogens is 296 g/mol. The van der Waals surface area contributed by atoms with Crippen molar-refractivity contribution < 1.29 is 4.79 Å². The molecule has 1 aliphatic heterocycles. The van der Waals surface area contributed by atoms with E-state index in [1.54, 1.807) is 0 Å². The monoisotopic (exact) mass is 322 g/mol. The van der Waals surface area contributed by atoms with Gasteiger partial charge in [0.2, 0.25) is 5.91 Å². The fourth-order valence-electron chi connectivity index (χ4n) is 3.71. The molecule has 1 unspecified atom stereocenters. The maximum absolute atomic E-state index is 12.4. The van der Waals surface area contributed by atoms with Gasteiger partial charge in [-0.3, -0.25) is 4.79 Å². The maximum atomic E-state index is 12.4. The van der Waals surface area contributed by atoms with Crippen molar-refractivity contribution in [2.24, 2.45) is 5.92 Å². The molecule has 2 fully saturated rings. The number of hydrogen-bond acceptors (Lipinski definition) is 2. The zero-order valence-electron chi connectivity index (χ0n) is 13.1. The molecule has 2 N–H and O–H groups in total. The van der Waals surface area contributed by atoms with Gasteiger partial charge in [-0.25, -0.2) is 0 Å². The average Bonchev–Trinajstić information content (AvgIpc) is 2.57. The highest BCUT2D eigenvalue weighted by Crippen LogP contribution is 2.35. The van der Waals surface area contributed by atoms with Gasteiger partial charge >= 0.3 is 0 Å². The van der Waals surface area contributed by atoms with Crippen LogP contribution < -0.4 is 10.6 Å². The fourth-order valence-corrected chi connectivity index (χ4v) is 3.71. The lowest BCUT2D eigenvalue weighted by Gasteiger charge is -2.30. The highest BCUT2D eigenvalue weighted by molar-refractivity contribution is 5.85. The molecule has 1 saturated heterocycles. The minimum atomic E-state index is 0. The molecule has 1 aromatic rings. The quantitative estimate of drug-likeness (QED) is 0.897. The number of rotatable bonds is 3. The van der Waals surface area contributed by atoms with Crippen molar-refractivity contribution in [2.45, 2.75) is 50.5 Å². The molecule has 0 radical (unpaired) electrons. The van der Waals surface area contributed by atoms with Crippen molar-refractivity contribution in [3.63, 3.8) is 0 Å². The zero-order chi connectivity index (χ0) is 14.5. The lowest BCUT2D eigenvalue weighted by Crippen LogP contribution is -2.47. The van der Waals surface area contributed by atoms with Gasteiger partial charge in [-0.15, -0.1) is 12.4 Å². The summed E-state index contributed by atoms with van der Waals surface area (Å²) in [5.41, 5.74) is 1.44. The van der Waals surface area contributed by atoms with E-state index < -0.39 is 0 Å². The van der Waals surface area contributed by atoms with E-state index in [1.807, 2.05) is 0 Å².